The summed E-state index contributed by atoms with van der Waals surface area (Å²) in [5.74, 6) is -1.49. The van der Waals surface area contributed by atoms with Crippen LogP contribution in [0.1, 0.15) is 18.4 Å². The van der Waals surface area contributed by atoms with Gasteiger partial charge >= 0.3 is 5.97 Å². The first-order chi connectivity index (χ1) is 10.1. The van der Waals surface area contributed by atoms with E-state index in [9.17, 15) is 10.1 Å². The van der Waals surface area contributed by atoms with Crippen molar-refractivity contribution in [2.75, 3.05) is 13.7 Å². The number of ether oxygens (including phenoxy) is 2. The molecular formula is C14H12ClN3O3. The average Bonchev–Trinajstić information content (AvgIpc) is 2.50. The zero-order valence-corrected chi connectivity index (χ0v) is 12.2. The quantitative estimate of drug-likeness (QED) is 0.807. The second kappa shape index (κ2) is 6.37. The summed E-state index contributed by atoms with van der Waals surface area (Å²) in [6, 6.07) is 5.22. The van der Waals surface area contributed by atoms with Gasteiger partial charge in [-0.2, -0.15) is 5.26 Å². The molecule has 0 radical (unpaired) electrons. The van der Waals surface area contributed by atoms with Crippen molar-refractivity contribution < 1.29 is 14.3 Å². The number of carbonyl (C=O) groups excluding carboxylic acids is 1. The summed E-state index contributed by atoms with van der Waals surface area (Å²) < 4.78 is 9.97. The summed E-state index contributed by atoms with van der Waals surface area (Å²) >= 11 is 6.11. The van der Waals surface area contributed by atoms with E-state index in [4.69, 9.17) is 21.1 Å². The van der Waals surface area contributed by atoms with E-state index in [-0.39, 0.29) is 17.2 Å². The van der Waals surface area contributed by atoms with Crippen LogP contribution in [0, 0.1) is 11.3 Å². The fraction of sp³-hybridized carbons (Fsp3) is 0.286. The maximum absolute atomic E-state index is 11.9. The molecule has 0 saturated heterocycles. The van der Waals surface area contributed by atoms with E-state index < -0.39 is 11.9 Å². The minimum Gasteiger partial charge on any atom is -0.481 e. The minimum absolute atomic E-state index is 0.175. The maximum Gasteiger partial charge on any atom is 0.328 e. The van der Waals surface area contributed by atoms with E-state index in [0.29, 0.717) is 16.9 Å². The molecule has 2 heterocycles. The second-order valence-corrected chi connectivity index (χ2v) is 4.46. The maximum atomic E-state index is 11.9. The Balaban J connectivity index is 2.68. The standard InChI is InChI=1S/C14H12ClN3O3/c1-3-21-14(19)8(6-16)12-9(15)7-17-10-4-5-11(20-2)18-13(10)12/h4-5,7-8H,3H2,1-2H3. The number of rotatable bonds is 4. The predicted molar refractivity (Wildman–Crippen MR) is 76.1 cm³/mol. The SMILES string of the molecule is CCOC(=O)C(C#N)c1c(Cl)cnc2ccc(OC)nc12. The van der Waals surface area contributed by atoms with E-state index in [1.54, 1.807) is 19.1 Å². The largest absolute Gasteiger partial charge is 0.481 e. The van der Waals surface area contributed by atoms with Gasteiger partial charge in [-0.3, -0.25) is 9.78 Å². The third kappa shape index (κ3) is 2.88. The molecule has 0 aliphatic heterocycles. The van der Waals surface area contributed by atoms with Gasteiger partial charge in [-0.1, -0.05) is 11.6 Å². The summed E-state index contributed by atoms with van der Waals surface area (Å²) in [6.07, 6.45) is 1.39. The molecule has 2 rings (SSSR count). The van der Waals surface area contributed by atoms with Gasteiger partial charge < -0.3 is 9.47 Å². The van der Waals surface area contributed by atoms with Crippen LogP contribution < -0.4 is 4.74 Å². The Kier molecular flexibility index (Phi) is 4.55. The smallest absolute Gasteiger partial charge is 0.328 e. The number of nitriles is 1. The first-order valence-electron chi connectivity index (χ1n) is 6.17. The van der Waals surface area contributed by atoms with Crippen LogP contribution in [0.2, 0.25) is 5.02 Å². The van der Waals surface area contributed by atoms with Crippen molar-refractivity contribution >= 4 is 28.6 Å². The van der Waals surface area contributed by atoms with Gasteiger partial charge in [0.2, 0.25) is 5.88 Å². The number of hydrogen-bond donors (Lipinski definition) is 0. The van der Waals surface area contributed by atoms with Crippen molar-refractivity contribution in [1.29, 1.82) is 5.26 Å². The average molecular weight is 306 g/mol. The summed E-state index contributed by atoms with van der Waals surface area (Å²) in [7, 11) is 1.47. The van der Waals surface area contributed by atoms with Crippen LogP contribution in [-0.4, -0.2) is 29.7 Å². The fourth-order valence-corrected chi connectivity index (χ4v) is 2.14. The van der Waals surface area contributed by atoms with Crippen molar-refractivity contribution in [3.63, 3.8) is 0 Å². The summed E-state index contributed by atoms with van der Waals surface area (Å²) in [5.41, 5.74) is 1.14. The van der Waals surface area contributed by atoms with Crippen LogP contribution in [0.3, 0.4) is 0 Å². The molecule has 1 unspecified atom stereocenters. The molecule has 2 aromatic rings. The van der Waals surface area contributed by atoms with Gasteiger partial charge in [0.25, 0.3) is 0 Å². The van der Waals surface area contributed by atoms with Gasteiger partial charge in [0, 0.05) is 17.8 Å². The Labute approximate surface area is 126 Å². The first kappa shape index (κ1) is 15.0. The third-order valence-electron chi connectivity index (χ3n) is 2.83. The van der Waals surface area contributed by atoms with Crippen LogP contribution in [0.15, 0.2) is 18.3 Å². The summed E-state index contributed by atoms with van der Waals surface area (Å²) in [6.45, 7) is 1.84. The number of pyridine rings is 2. The molecule has 6 nitrogen and oxygen atoms in total. The molecular weight excluding hydrogens is 294 g/mol. The first-order valence-corrected chi connectivity index (χ1v) is 6.55. The molecule has 0 fully saturated rings. The molecule has 0 aliphatic rings. The van der Waals surface area contributed by atoms with Gasteiger partial charge in [0.15, 0.2) is 5.92 Å². The Morgan fingerprint density at radius 2 is 2.29 bits per heavy atom. The molecule has 0 spiro atoms. The van der Waals surface area contributed by atoms with Gasteiger partial charge in [-0.15, -0.1) is 0 Å². The number of esters is 1. The number of nitrogens with zero attached hydrogens (tertiary/aromatic N) is 3. The Morgan fingerprint density at radius 3 is 2.90 bits per heavy atom. The van der Waals surface area contributed by atoms with E-state index in [1.807, 2.05) is 6.07 Å². The highest BCUT2D eigenvalue weighted by Crippen LogP contribution is 2.31. The molecule has 0 aliphatic carbocycles. The number of fused-ring (bicyclic) bond motifs is 1. The number of methoxy groups -OCH3 is 1. The molecule has 0 bridgehead atoms. The zero-order chi connectivity index (χ0) is 15.4. The van der Waals surface area contributed by atoms with Crippen LogP contribution in [0.25, 0.3) is 11.0 Å². The second-order valence-electron chi connectivity index (χ2n) is 4.06. The highest BCUT2D eigenvalue weighted by atomic mass is 35.5. The van der Waals surface area contributed by atoms with Crippen LogP contribution in [-0.2, 0) is 9.53 Å². The van der Waals surface area contributed by atoms with Crippen LogP contribution >= 0.6 is 11.6 Å². The van der Waals surface area contributed by atoms with Crippen LogP contribution in [0.4, 0.5) is 0 Å². The topological polar surface area (TPSA) is 85.1 Å². The molecule has 7 heteroatoms. The normalized spacial score (nSPS) is 11.7. The molecule has 1 atom stereocenters. The lowest BCUT2D eigenvalue weighted by Gasteiger charge is -2.13. The summed E-state index contributed by atoms with van der Waals surface area (Å²) in [4.78, 5) is 20.3. The predicted octanol–water partition coefficient (Wildman–Crippen LogP) is 2.46. The minimum atomic E-state index is -1.16. The molecule has 0 aromatic carbocycles. The zero-order valence-electron chi connectivity index (χ0n) is 11.5. The van der Waals surface area contributed by atoms with Crippen molar-refractivity contribution in [2.45, 2.75) is 12.8 Å². The molecule has 108 valence electrons. The lowest BCUT2D eigenvalue weighted by Crippen LogP contribution is -2.16. The number of hydrogen-bond acceptors (Lipinski definition) is 6. The highest BCUT2D eigenvalue weighted by molar-refractivity contribution is 6.32. The molecule has 0 N–H and O–H groups in total. The van der Waals surface area contributed by atoms with Gasteiger partial charge in [0.05, 0.1) is 35.8 Å². The van der Waals surface area contributed by atoms with E-state index >= 15 is 0 Å². The third-order valence-corrected chi connectivity index (χ3v) is 3.13. The van der Waals surface area contributed by atoms with E-state index in [1.165, 1.54) is 13.3 Å². The molecule has 0 amide bonds. The van der Waals surface area contributed by atoms with Crippen molar-refractivity contribution in [3.8, 4) is 11.9 Å². The Hall–Kier alpha value is -2.39. The molecule has 0 saturated carbocycles. The van der Waals surface area contributed by atoms with Crippen molar-refractivity contribution in [3.05, 3.63) is 28.9 Å². The van der Waals surface area contributed by atoms with Crippen molar-refractivity contribution in [2.24, 2.45) is 0 Å². The highest BCUT2D eigenvalue weighted by Gasteiger charge is 2.27. The Morgan fingerprint density at radius 1 is 1.52 bits per heavy atom. The van der Waals surface area contributed by atoms with Gasteiger partial charge in [-0.05, 0) is 13.0 Å². The fourth-order valence-electron chi connectivity index (χ4n) is 1.89. The lowest BCUT2D eigenvalue weighted by atomic mass is 10.00. The number of aromatic nitrogens is 2. The molecule has 21 heavy (non-hydrogen) atoms. The van der Waals surface area contributed by atoms with E-state index in [0.717, 1.165) is 0 Å². The Bertz CT molecular complexity index is 727. The van der Waals surface area contributed by atoms with Crippen molar-refractivity contribution in [1.82, 2.24) is 9.97 Å². The monoisotopic (exact) mass is 305 g/mol. The summed E-state index contributed by atoms with van der Waals surface area (Å²) in [5, 5.41) is 9.48. The number of carbonyl (C=O) groups is 1. The van der Waals surface area contributed by atoms with E-state index in [2.05, 4.69) is 9.97 Å². The van der Waals surface area contributed by atoms with Gasteiger partial charge in [0.1, 0.15) is 0 Å². The lowest BCUT2D eigenvalue weighted by molar-refractivity contribution is -0.143. The van der Waals surface area contributed by atoms with Gasteiger partial charge in [-0.25, -0.2) is 4.98 Å². The number of halogens is 1. The van der Waals surface area contributed by atoms with Crippen LogP contribution in [0.5, 0.6) is 5.88 Å². The molecule has 2 aromatic heterocycles.